The number of benzene rings is 1. The lowest BCUT2D eigenvalue weighted by Crippen LogP contribution is -2.33. The summed E-state index contributed by atoms with van der Waals surface area (Å²) in [5.41, 5.74) is 6.65. The fourth-order valence-electron chi connectivity index (χ4n) is 4.40. The standard InChI is InChI=1S/C25H27N7O5S/c1-3-37-21-9-4-6-17(28-21)24-30-23-25(32(24)22-18(33)7-5-8-19(22)36-2)29-20(14-27-23)31-38(34,35)15-16-10-12-26-13-11-16/h5,7-9,14,16,26,33H,3,10-13,15H2,1-2H3,(H,29,31). The smallest absolute Gasteiger partial charge is 0.234 e. The predicted molar refractivity (Wildman–Crippen MR) is 142 cm³/mol. The zero-order chi connectivity index (χ0) is 26.7. The van der Waals surface area contributed by atoms with Crippen LogP contribution in [0, 0.1) is 5.92 Å². The number of imidazole rings is 1. The van der Waals surface area contributed by atoms with Crippen molar-refractivity contribution in [1.82, 2.24) is 24.8 Å². The summed E-state index contributed by atoms with van der Waals surface area (Å²) in [6.45, 7) is 3.83. The number of aromatic nitrogens is 4. The molecule has 0 atom stereocenters. The van der Waals surface area contributed by atoms with Crippen LogP contribution in [0.15, 0.2) is 46.9 Å². The van der Waals surface area contributed by atoms with Gasteiger partial charge in [0.1, 0.15) is 17.2 Å². The van der Waals surface area contributed by atoms with Crippen molar-refractivity contribution in [3.63, 3.8) is 0 Å². The predicted octanol–water partition coefficient (Wildman–Crippen LogP) is 2.37. The maximum Gasteiger partial charge on any atom is 0.234 e. The van der Waals surface area contributed by atoms with Gasteiger partial charge in [0.15, 0.2) is 28.6 Å². The fraction of sp³-hybridized carbons (Fsp3) is 0.360. The van der Waals surface area contributed by atoms with E-state index in [4.69, 9.17) is 9.47 Å². The number of para-hydroxylation sites is 1. The first-order valence-corrected chi connectivity index (χ1v) is 13.8. The number of aliphatic imine (C=N–C) groups is 1. The maximum atomic E-state index is 12.9. The third-order valence-electron chi connectivity index (χ3n) is 6.08. The number of nitrogens with one attached hydrogen (secondary N) is 2. The molecule has 4 heterocycles. The number of ether oxygens (including phenoxy) is 2. The molecule has 1 aromatic carbocycles. The fourth-order valence-corrected chi connectivity index (χ4v) is 5.85. The Bertz CT molecular complexity index is 1610. The molecular weight excluding hydrogens is 510 g/mol. The first kappa shape index (κ1) is 25.5. The summed E-state index contributed by atoms with van der Waals surface area (Å²) in [5.74, 6) is 0.834. The molecule has 198 valence electrons. The van der Waals surface area contributed by atoms with E-state index < -0.39 is 10.0 Å². The van der Waals surface area contributed by atoms with Gasteiger partial charge >= 0.3 is 0 Å². The third-order valence-corrected chi connectivity index (χ3v) is 7.51. The van der Waals surface area contributed by atoms with E-state index in [9.17, 15) is 13.5 Å². The summed E-state index contributed by atoms with van der Waals surface area (Å²) >= 11 is 0. The van der Waals surface area contributed by atoms with Gasteiger partial charge in [-0.05, 0) is 56.6 Å². The number of anilines is 1. The normalized spacial score (nSPS) is 15.8. The minimum absolute atomic E-state index is 0.00879. The molecule has 13 heteroatoms. The number of aromatic hydroxyl groups is 1. The second-order valence-electron chi connectivity index (χ2n) is 8.72. The largest absolute Gasteiger partial charge is 0.506 e. The van der Waals surface area contributed by atoms with Crippen LogP contribution < -0.4 is 14.8 Å². The summed E-state index contributed by atoms with van der Waals surface area (Å²) < 4.78 is 40.9. The van der Waals surface area contributed by atoms with Crippen molar-refractivity contribution < 1.29 is 23.0 Å². The summed E-state index contributed by atoms with van der Waals surface area (Å²) in [7, 11) is -2.21. The molecule has 2 aromatic heterocycles. The lowest BCUT2D eigenvalue weighted by atomic mass is 10.0. The number of piperidine rings is 1. The van der Waals surface area contributed by atoms with Crippen LogP contribution in [0.2, 0.25) is 0 Å². The molecule has 5 rings (SSSR count). The quantitative estimate of drug-likeness (QED) is 0.368. The Balaban J connectivity index is 1.63. The molecule has 38 heavy (non-hydrogen) atoms. The molecule has 1 saturated heterocycles. The molecule has 2 aliphatic rings. The molecule has 0 saturated carbocycles. The second kappa shape index (κ2) is 10.7. The van der Waals surface area contributed by atoms with E-state index in [2.05, 4.69) is 41.4 Å². The molecule has 0 spiro atoms. The van der Waals surface area contributed by atoms with Crippen LogP contribution in [-0.2, 0) is 14.8 Å². The molecular formula is C25H27N7O5S. The van der Waals surface area contributed by atoms with Crippen LogP contribution in [0.1, 0.15) is 25.6 Å². The monoisotopic (exact) mass is 537 g/mol. The number of phenolic OH excluding ortho intramolecular Hbond substituents is 1. The number of nitrogens with zero attached hydrogens (tertiary/aromatic N) is 5. The topological polar surface area (TPSA) is 153 Å². The Morgan fingerprint density at radius 2 is 2.08 bits per heavy atom. The van der Waals surface area contributed by atoms with Gasteiger partial charge in [-0.15, -0.1) is 0 Å². The van der Waals surface area contributed by atoms with Crippen molar-refractivity contribution in [2.45, 2.75) is 19.8 Å². The van der Waals surface area contributed by atoms with E-state index in [0.29, 0.717) is 18.3 Å². The van der Waals surface area contributed by atoms with Crippen molar-refractivity contribution in [2.75, 3.05) is 37.3 Å². The zero-order valence-corrected chi connectivity index (χ0v) is 21.7. The molecule has 0 radical (unpaired) electrons. The van der Waals surface area contributed by atoms with Crippen molar-refractivity contribution in [3.8, 4) is 17.2 Å². The van der Waals surface area contributed by atoms with Crippen LogP contribution in [-0.4, -0.2) is 71.5 Å². The Hall–Kier alpha value is -4.15. The van der Waals surface area contributed by atoms with Crippen molar-refractivity contribution in [1.29, 1.82) is 0 Å². The molecule has 1 fully saturated rings. The molecule has 3 aromatic rings. The van der Waals surface area contributed by atoms with Gasteiger partial charge in [0, 0.05) is 0 Å². The van der Waals surface area contributed by atoms with Crippen LogP contribution in [0.3, 0.4) is 0 Å². The van der Waals surface area contributed by atoms with Gasteiger partial charge in [0.25, 0.3) is 0 Å². The molecule has 12 nitrogen and oxygen atoms in total. The van der Waals surface area contributed by atoms with Crippen LogP contribution in [0.4, 0.5) is 5.82 Å². The highest BCUT2D eigenvalue weighted by Crippen LogP contribution is 2.36. The number of sulfonamides is 1. The van der Waals surface area contributed by atoms with Gasteiger partial charge < -0.3 is 19.9 Å². The highest BCUT2D eigenvalue weighted by molar-refractivity contribution is 7.92. The van der Waals surface area contributed by atoms with E-state index in [0.717, 1.165) is 25.9 Å². The van der Waals surface area contributed by atoms with Gasteiger partial charge in [-0.3, -0.25) is 9.29 Å². The Morgan fingerprint density at radius 3 is 2.84 bits per heavy atom. The Morgan fingerprint density at radius 1 is 1.26 bits per heavy atom. The number of phenols is 1. The minimum atomic E-state index is -3.68. The Kier molecular flexibility index (Phi) is 7.17. The molecule has 0 bridgehead atoms. The van der Waals surface area contributed by atoms with Crippen LogP contribution in [0.5, 0.6) is 11.5 Å². The van der Waals surface area contributed by atoms with Gasteiger partial charge in [0.2, 0.25) is 15.9 Å². The summed E-state index contributed by atoms with van der Waals surface area (Å²) in [6.07, 6.45) is 4.43. The highest BCUT2D eigenvalue weighted by Gasteiger charge is 2.26. The minimum Gasteiger partial charge on any atom is -0.506 e. The van der Waals surface area contributed by atoms with Gasteiger partial charge in [-0.25, -0.2) is 28.4 Å². The molecule has 2 aliphatic heterocycles. The molecule has 0 amide bonds. The zero-order valence-electron chi connectivity index (χ0n) is 20.9. The second-order valence-corrected chi connectivity index (χ2v) is 10.5. The lowest BCUT2D eigenvalue weighted by molar-refractivity contribution is 0.330. The number of methoxy groups -OCH3 is 1. The molecule has 0 aliphatic carbocycles. The Labute approximate surface area is 219 Å². The number of hydrogen-bond acceptors (Lipinski definition) is 10. The van der Waals surface area contributed by atoms with E-state index in [1.807, 2.05) is 6.92 Å². The third kappa shape index (κ3) is 5.27. The first-order chi connectivity index (χ1) is 18.4. The van der Waals surface area contributed by atoms with E-state index in [-0.39, 0.29) is 51.7 Å². The summed E-state index contributed by atoms with van der Waals surface area (Å²) in [6, 6.07) is 4.80. The molecule has 3 N–H and O–H groups in total. The van der Waals surface area contributed by atoms with Crippen molar-refractivity contribution in [3.05, 3.63) is 47.8 Å². The van der Waals surface area contributed by atoms with E-state index >= 15 is 0 Å². The maximum absolute atomic E-state index is 12.9. The van der Waals surface area contributed by atoms with Crippen molar-refractivity contribution in [2.24, 2.45) is 10.9 Å². The van der Waals surface area contributed by atoms with Crippen LogP contribution in [0.25, 0.3) is 22.7 Å². The SMILES string of the molecule is CCOC1=NC(c2nc3ncc(NS(=O)(=O)CC4CCNCC4)nc3n2-c2c(O)cccc2OC)=C=C=C1. The van der Waals surface area contributed by atoms with Gasteiger partial charge in [-0.1, -0.05) is 11.8 Å². The average molecular weight is 538 g/mol. The molecule has 0 unspecified atom stereocenters. The van der Waals surface area contributed by atoms with E-state index in [1.54, 1.807) is 18.2 Å². The number of fused-ring (bicyclic) bond motifs is 1. The lowest BCUT2D eigenvalue weighted by Gasteiger charge is -2.22. The van der Waals surface area contributed by atoms with Gasteiger partial charge in [-0.2, -0.15) is 0 Å². The number of hydrogen-bond donors (Lipinski definition) is 3. The number of rotatable bonds is 8. The van der Waals surface area contributed by atoms with E-state index in [1.165, 1.54) is 23.9 Å². The summed E-state index contributed by atoms with van der Waals surface area (Å²) in [4.78, 5) is 17.9. The summed E-state index contributed by atoms with van der Waals surface area (Å²) in [5, 5.41) is 14.1. The average Bonchev–Trinajstić information content (AvgIpc) is 3.27. The van der Waals surface area contributed by atoms with Crippen LogP contribution >= 0.6 is 0 Å². The highest BCUT2D eigenvalue weighted by atomic mass is 32.2. The van der Waals surface area contributed by atoms with Crippen molar-refractivity contribution >= 4 is 38.7 Å². The van der Waals surface area contributed by atoms with Gasteiger partial charge in [0.05, 0.1) is 31.7 Å². The first-order valence-electron chi connectivity index (χ1n) is 12.1.